The molecule has 18 heavy (non-hydrogen) atoms. The molecule has 0 saturated carbocycles. The molecule has 0 N–H and O–H groups in total. The molecule has 0 aromatic heterocycles. The summed E-state index contributed by atoms with van der Waals surface area (Å²) in [5, 5.41) is 0. The molecule has 4 fully saturated rings. The summed E-state index contributed by atoms with van der Waals surface area (Å²) in [4.78, 5) is 0. The lowest BCUT2D eigenvalue weighted by molar-refractivity contribution is -0.111. The van der Waals surface area contributed by atoms with E-state index >= 15 is 0 Å². The maximum Gasteiger partial charge on any atom is 0.115 e. The van der Waals surface area contributed by atoms with Crippen LogP contribution in [0.1, 0.15) is 0 Å². The second-order valence-corrected chi connectivity index (χ2v) is 5.26. The monoisotopic (exact) mass is 258 g/mol. The van der Waals surface area contributed by atoms with Crippen LogP contribution < -0.4 is 0 Å². The second-order valence-electron chi connectivity index (χ2n) is 5.26. The van der Waals surface area contributed by atoms with E-state index in [9.17, 15) is 0 Å². The van der Waals surface area contributed by atoms with E-state index in [2.05, 4.69) is 0 Å². The average Bonchev–Trinajstić information content (AvgIpc) is 3.22. The Morgan fingerprint density at radius 1 is 1.00 bits per heavy atom. The van der Waals surface area contributed by atoms with Gasteiger partial charge < -0.3 is 28.4 Å². The average molecular weight is 258 g/mol. The van der Waals surface area contributed by atoms with E-state index in [1.807, 2.05) is 0 Å². The number of epoxide rings is 3. The quantitative estimate of drug-likeness (QED) is 0.539. The van der Waals surface area contributed by atoms with Crippen LogP contribution in [0.25, 0.3) is 0 Å². The van der Waals surface area contributed by atoms with Gasteiger partial charge in [-0.05, 0) is 0 Å². The van der Waals surface area contributed by atoms with Crippen LogP contribution in [0, 0.1) is 0 Å². The number of fused-ring (bicyclic) bond motifs is 1. The van der Waals surface area contributed by atoms with Gasteiger partial charge in [0.05, 0.1) is 39.6 Å². The van der Waals surface area contributed by atoms with E-state index in [1.165, 1.54) is 0 Å². The molecule has 0 spiro atoms. The summed E-state index contributed by atoms with van der Waals surface area (Å²) >= 11 is 0. The van der Waals surface area contributed by atoms with Gasteiger partial charge in [0.15, 0.2) is 0 Å². The summed E-state index contributed by atoms with van der Waals surface area (Å²) in [6, 6.07) is 0. The van der Waals surface area contributed by atoms with Crippen LogP contribution >= 0.6 is 0 Å². The molecule has 6 atom stereocenters. The molecular formula is C12H18O6. The minimum absolute atomic E-state index is 0.00821. The maximum absolute atomic E-state index is 5.85. The van der Waals surface area contributed by atoms with Gasteiger partial charge in [0.25, 0.3) is 0 Å². The Hall–Kier alpha value is -0.240. The first-order chi connectivity index (χ1) is 8.90. The Labute approximate surface area is 105 Å². The highest BCUT2D eigenvalue weighted by Crippen LogP contribution is 2.36. The molecule has 6 heteroatoms. The molecule has 4 heterocycles. The molecule has 102 valence electrons. The van der Waals surface area contributed by atoms with Crippen molar-refractivity contribution in [3.05, 3.63) is 0 Å². The summed E-state index contributed by atoms with van der Waals surface area (Å²) in [5.41, 5.74) is 0. The second kappa shape index (κ2) is 4.70. The molecule has 0 bridgehead atoms. The topological polar surface area (TPSA) is 65.3 Å². The van der Waals surface area contributed by atoms with Crippen molar-refractivity contribution in [1.82, 2.24) is 0 Å². The minimum Gasteiger partial charge on any atom is -0.376 e. The zero-order valence-corrected chi connectivity index (χ0v) is 10.2. The van der Waals surface area contributed by atoms with Gasteiger partial charge in [0, 0.05) is 0 Å². The Bertz CT molecular complexity index is 303. The van der Waals surface area contributed by atoms with Crippen molar-refractivity contribution in [1.29, 1.82) is 0 Å². The highest BCUT2D eigenvalue weighted by Gasteiger charge is 2.55. The minimum atomic E-state index is -0.0644. The SMILES string of the molecule is C(OCC(OCC1CO1)C1OCC2OC21)C1CO1. The summed E-state index contributed by atoms with van der Waals surface area (Å²) in [7, 11) is 0. The number of hydrogen-bond donors (Lipinski definition) is 0. The Morgan fingerprint density at radius 2 is 1.78 bits per heavy atom. The molecule has 4 aliphatic heterocycles. The predicted molar refractivity (Wildman–Crippen MR) is 58.4 cm³/mol. The molecule has 0 amide bonds. The number of hydrogen-bond acceptors (Lipinski definition) is 6. The van der Waals surface area contributed by atoms with Crippen LogP contribution in [0.2, 0.25) is 0 Å². The van der Waals surface area contributed by atoms with E-state index in [4.69, 9.17) is 28.4 Å². The van der Waals surface area contributed by atoms with Gasteiger partial charge in [0.1, 0.15) is 36.6 Å². The number of ether oxygens (including phenoxy) is 6. The largest absolute Gasteiger partial charge is 0.376 e. The van der Waals surface area contributed by atoms with E-state index in [0.717, 1.165) is 13.2 Å². The van der Waals surface area contributed by atoms with Crippen molar-refractivity contribution >= 4 is 0 Å². The lowest BCUT2D eigenvalue weighted by Crippen LogP contribution is -2.38. The molecule has 6 unspecified atom stereocenters. The Kier molecular flexibility index (Phi) is 3.02. The summed E-state index contributed by atoms with van der Waals surface area (Å²) in [6.07, 6.45) is 0.976. The van der Waals surface area contributed by atoms with Crippen molar-refractivity contribution < 1.29 is 28.4 Å². The lowest BCUT2D eigenvalue weighted by atomic mass is 10.1. The van der Waals surface area contributed by atoms with Crippen LogP contribution in [0.15, 0.2) is 0 Å². The van der Waals surface area contributed by atoms with Gasteiger partial charge in [-0.2, -0.15) is 0 Å². The molecular weight excluding hydrogens is 240 g/mol. The van der Waals surface area contributed by atoms with Crippen LogP contribution in [0.3, 0.4) is 0 Å². The van der Waals surface area contributed by atoms with Crippen LogP contribution in [-0.4, -0.2) is 76.3 Å². The van der Waals surface area contributed by atoms with Gasteiger partial charge in [-0.15, -0.1) is 0 Å². The number of rotatable bonds is 8. The van der Waals surface area contributed by atoms with Gasteiger partial charge in [-0.3, -0.25) is 0 Å². The Balaban J connectivity index is 1.27. The van der Waals surface area contributed by atoms with E-state index in [0.29, 0.717) is 26.4 Å². The van der Waals surface area contributed by atoms with Crippen molar-refractivity contribution in [2.24, 2.45) is 0 Å². The standard InChI is InChI=1S/C12H18O6/c1(7-2-14-7)13-5-9(16-4-8-3-15-8)11-12-10(18-12)6-17-11/h7-12H,1-6H2. The van der Waals surface area contributed by atoms with Crippen molar-refractivity contribution in [3.8, 4) is 0 Å². The smallest absolute Gasteiger partial charge is 0.115 e. The molecule has 0 aromatic rings. The molecule has 4 saturated heterocycles. The molecule has 0 radical (unpaired) electrons. The molecule has 0 aromatic carbocycles. The van der Waals surface area contributed by atoms with Gasteiger partial charge in [0.2, 0.25) is 0 Å². The highest BCUT2D eigenvalue weighted by molar-refractivity contribution is 5.00. The van der Waals surface area contributed by atoms with Crippen LogP contribution in [0.5, 0.6) is 0 Å². The van der Waals surface area contributed by atoms with Gasteiger partial charge >= 0.3 is 0 Å². The maximum atomic E-state index is 5.85. The lowest BCUT2D eigenvalue weighted by Gasteiger charge is -2.23. The zero-order chi connectivity index (χ0) is 11.9. The van der Waals surface area contributed by atoms with E-state index in [1.54, 1.807) is 0 Å². The van der Waals surface area contributed by atoms with E-state index in [-0.39, 0.29) is 36.6 Å². The fourth-order valence-corrected chi connectivity index (χ4v) is 2.31. The van der Waals surface area contributed by atoms with Crippen LogP contribution in [-0.2, 0) is 28.4 Å². The zero-order valence-electron chi connectivity index (χ0n) is 10.2. The fourth-order valence-electron chi connectivity index (χ4n) is 2.31. The molecule has 0 aliphatic carbocycles. The fraction of sp³-hybridized carbons (Fsp3) is 1.00. The molecule has 4 rings (SSSR count). The van der Waals surface area contributed by atoms with Crippen molar-refractivity contribution in [2.45, 2.75) is 36.6 Å². The third-order valence-corrected chi connectivity index (χ3v) is 3.65. The third kappa shape index (κ3) is 2.68. The third-order valence-electron chi connectivity index (χ3n) is 3.65. The van der Waals surface area contributed by atoms with Crippen LogP contribution in [0.4, 0.5) is 0 Å². The first-order valence-corrected chi connectivity index (χ1v) is 6.60. The van der Waals surface area contributed by atoms with Gasteiger partial charge in [-0.25, -0.2) is 0 Å². The van der Waals surface area contributed by atoms with E-state index < -0.39 is 0 Å². The summed E-state index contributed by atoms with van der Waals surface area (Å²) < 4.78 is 32.9. The normalized spacial score (nSPS) is 45.7. The first-order valence-electron chi connectivity index (χ1n) is 6.60. The molecule has 4 aliphatic rings. The first kappa shape index (κ1) is 11.6. The Morgan fingerprint density at radius 3 is 2.39 bits per heavy atom. The van der Waals surface area contributed by atoms with Crippen molar-refractivity contribution in [2.75, 3.05) is 39.6 Å². The summed E-state index contributed by atoms with van der Waals surface area (Å²) in [5.74, 6) is 0. The highest BCUT2D eigenvalue weighted by atomic mass is 16.7. The van der Waals surface area contributed by atoms with Gasteiger partial charge in [-0.1, -0.05) is 0 Å². The summed E-state index contributed by atoms with van der Waals surface area (Å²) in [6.45, 7) is 4.09. The molecule has 6 nitrogen and oxygen atoms in total. The predicted octanol–water partition coefficient (Wildman–Crippen LogP) is -0.648. The van der Waals surface area contributed by atoms with Crippen molar-refractivity contribution in [3.63, 3.8) is 0 Å².